The monoisotopic (exact) mass is 288 g/mol. The van der Waals surface area contributed by atoms with E-state index in [0.29, 0.717) is 6.04 Å². The van der Waals surface area contributed by atoms with Gasteiger partial charge < -0.3 is 4.90 Å². The summed E-state index contributed by atoms with van der Waals surface area (Å²) in [7, 11) is 4.40. The number of nitrogens with zero attached hydrogens (tertiary/aromatic N) is 2. The van der Waals surface area contributed by atoms with Crippen molar-refractivity contribution in [2.75, 3.05) is 33.7 Å². The molecule has 0 radical (unpaired) electrons. The van der Waals surface area contributed by atoms with Crippen LogP contribution in [0.4, 0.5) is 0 Å². The van der Waals surface area contributed by atoms with E-state index < -0.39 is 0 Å². The predicted molar refractivity (Wildman–Crippen MR) is 87.0 cm³/mol. The summed E-state index contributed by atoms with van der Waals surface area (Å²) in [5.41, 5.74) is 5.89. The quantitative estimate of drug-likeness (QED) is 0.654. The molecule has 1 aromatic rings. The maximum Gasteiger partial charge on any atom is 0.0627 e. The lowest BCUT2D eigenvalue weighted by atomic mass is 9.79. The summed E-state index contributed by atoms with van der Waals surface area (Å²) in [6.07, 6.45) is 4.07. The van der Waals surface area contributed by atoms with E-state index in [1.54, 1.807) is 0 Å². The highest BCUT2D eigenvalue weighted by Crippen LogP contribution is 2.37. The van der Waals surface area contributed by atoms with Gasteiger partial charge in [0.25, 0.3) is 0 Å². The van der Waals surface area contributed by atoms with Gasteiger partial charge in [0.1, 0.15) is 0 Å². The summed E-state index contributed by atoms with van der Waals surface area (Å²) in [6.45, 7) is 3.28. The average Bonchev–Trinajstić information content (AvgIpc) is 2.42. The molecule has 4 nitrogen and oxygen atoms in total. The first-order valence-corrected chi connectivity index (χ1v) is 8.14. The molecule has 1 heterocycles. The number of hydrogen-bond donors (Lipinski definition) is 2. The van der Waals surface area contributed by atoms with Crippen molar-refractivity contribution in [2.45, 2.75) is 37.3 Å². The van der Waals surface area contributed by atoms with Gasteiger partial charge in [0.05, 0.1) is 6.04 Å². The molecule has 4 heteroatoms. The normalized spacial score (nSPS) is 26.5. The third kappa shape index (κ3) is 3.14. The Morgan fingerprint density at radius 2 is 2.05 bits per heavy atom. The van der Waals surface area contributed by atoms with Crippen molar-refractivity contribution >= 4 is 0 Å². The van der Waals surface area contributed by atoms with Crippen LogP contribution in [-0.2, 0) is 0 Å². The fourth-order valence-corrected chi connectivity index (χ4v) is 3.58. The summed E-state index contributed by atoms with van der Waals surface area (Å²) in [4.78, 5) is 4.82. The number of benzene rings is 1. The number of rotatable bonds is 4. The number of hydrogen-bond acceptors (Lipinski definition) is 4. The molecular weight excluding hydrogens is 260 g/mol. The Hall–Kier alpha value is -0.940. The second-order valence-corrected chi connectivity index (χ2v) is 6.75. The Morgan fingerprint density at radius 1 is 1.24 bits per heavy atom. The van der Waals surface area contributed by atoms with Gasteiger partial charge in [0, 0.05) is 25.7 Å². The molecule has 116 valence electrons. The zero-order valence-electron chi connectivity index (χ0n) is 13.3. The lowest BCUT2D eigenvalue weighted by molar-refractivity contribution is 0.0876. The fraction of sp³-hybridized carbons (Fsp3) is 0.647. The van der Waals surface area contributed by atoms with Crippen LogP contribution >= 0.6 is 0 Å². The van der Waals surface area contributed by atoms with Crippen molar-refractivity contribution in [3.8, 4) is 0 Å². The Morgan fingerprint density at radius 3 is 2.71 bits per heavy atom. The molecule has 0 aromatic heterocycles. The second kappa shape index (κ2) is 6.44. The van der Waals surface area contributed by atoms with E-state index in [1.165, 1.54) is 30.4 Å². The van der Waals surface area contributed by atoms with Gasteiger partial charge >= 0.3 is 0 Å². The molecule has 1 aromatic carbocycles. The maximum atomic E-state index is 5.92. The lowest BCUT2D eigenvalue weighted by Crippen LogP contribution is -2.56. The van der Waals surface area contributed by atoms with Crippen LogP contribution in [0, 0.1) is 0 Å². The van der Waals surface area contributed by atoms with Gasteiger partial charge in [-0.2, -0.15) is 0 Å². The highest BCUT2D eigenvalue weighted by Gasteiger charge is 2.30. The molecule has 3 N–H and O–H groups in total. The van der Waals surface area contributed by atoms with Crippen LogP contribution in [0.25, 0.3) is 0 Å². The highest BCUT2D eigenvalue weighted by molar-refractivity contribution is 5.30. The summed E-state index contributed by atoms with van der Waals surface area (Å²) >= 11 is 0. The molecular formula is C17H28N4. The summed E-state index contributed by atoms with van der Waals surface area (Å²) in [5, 5.41) is 0. The van der Waals surface area contributed by atoms with Gasteiger partial charge in [-0.1, -0.05) is 30.7 Å². The van der Waals surface area contributed by atoms with E-state index in [1.807, 2.05) is 0 Å². The molecule has 1 aliphatic carbocycles. The van der Waals surface area contributed by atoms with Crippen LogP contribution in [0.1, 0.15) is 42.3 Å². The molecule has 0 spiro atoms. The number of piperazine rings is 1. The largest absolute Gasteiger partial charge is 0.303 e. The topological polar surface area (TPSA) is 44.5 Å². The zero-order chi connectivity index (χ0) is 14.8. The van der Waals surface area contributed by atoms with Crippen LogP contribution < -0.4 is 11.3 Å². The van der Waals surface area contributed by atoms with E-state index in [2.05, 4.69) is 53.6 Å². The van der Waals surface area contributed by atoms with Gasteiger partial charge in [-0.25, -0.2) is 0 Å². The van der Waals surface area contributed by atoms with Crippen molar-refractivity contribution in [3.05, 3.63) is 35.4 Å². The summed E-state index contributed by atoms with van der Waals surface area (Å²) in [6, 6.07) is 9.67. The van der Waals surface area contributed by atoms with Gasteiger partial charge in [0.2, 0.25) is 0 Å². The van der Waals surface area contributed by atoms with E-state index in [-0.39, 0.29) is 6.04 Å². The molecule has 2 atom stereocenters. The minimum absolute atomic E-state index is 0.192. The van der Waals surface area contributed by atoms with E-state index in [0.717, 1.165) is 25.6 Å². The van der Waals surface area contributed by atoms with Crippen molar-refractivity contribution < 1.29 is 0 Å². The Labute approximate surface area is 128 Å². The Kier molecular flexibility index (Phi) is 4.60. The molecule has 2 unspecified atom stereocenters. The first-order chi connectivity index (χ1) is 10.2. The third-order valence-corrected chi connectivity index (χ3v) is 5.31. The van der Waals surface area contributed by atoms with Crippen LogP contribution in [-0.4, -0.2) is 49.6 Å². The van der Waals surface area contributed by atoms with Crippen molar-refractivity contribution in [1.29, 1.82) is 0 Å². The van der Waals surface area contributed by atoms with E-state index >= 15 is 0 Å². The first kappa shape index (κ1) is 15.0. The molecule has 1 aliphatic heterocycles. The lowest BCUT2D eigenvalue weighted by Gasteiger charge is -2.42. The molecule has 3 rings (SSSR count). The molecule has 1 saturated carbocycles. The standard InChI is InChI=1S/C17H28N4/c1-20-9-10-21(2)16(12-20)17(19-18)15-8-4-7-14(11-15)13-5-3-6-13/h4,7-8,11,13,16-17,19H,3,5-6,9-10,12,18H2,1-2H3. The molecule has 1 saturated heterocycles. The van der Waals surface area contributed by atoms with Crippen LogP contribution in [0.2, 0.25) is 0 Å². The number of likely N-dealkylation sites (N-methyl/N-ethyl adjacent to an activating group) is 2. The van der Waals surface area contributed by atoms with Gasteiger partial charge in [-0.3, -0.25) is 16.2 Å². The summed E-state index contributed by atoms with van der Waals surface area (Å²) in [5.74, 6) is 6.69. The van der Waals surface area contributed by atoms with Crippen LogP contribution in [0.3, 0.4) is 0 Å². The number of nitrogens with one attached hydrogen (secondary N) is 1. The second-order valence-electron chi connectivity index (χ2n) is 6.75. The van der Waals surface area contributed by atoms with Gasteiger partial charge in [-0.05, 0) is 44.0 Å². The minimum atomic E-state index is 0.192. The maximum absolute atomic E-state index is 5.92. The number of hydrazine groups is 1. The molecule has 2 aliphatic rings. The minimum Gasteiger partial charge on any atom is -0.303 e. The SMILES string of the molecule is CN1CCN(C)C(C(NN)c2cccc(C3CCC3)c2)C1. The zero-order valence-corrected chi connectivity index (χ0v) is 13.3. The fourth-order valence-electron chi connectivity index (χ4n) is 3.58. The Bertz CT molecular complexity index is 472. The van der Waals surface area contributed by atoms with Crippen LogP contribution in [0.5, 0.6) is 0 Å². The number of nitrogens with two attached hydrogens (primary N) is 1. The van der Waals surface area contributed by atoms with Crippen LogP contribution in [0.15, 0.2) is 24.3 Å². The Balaban J connectivity index is 1.81. The molecule has 0 bridgehead atoms. The third-order valence-electron chi connectivity index (χ3n) is 5.31. The van der Waals surface area contributed by atoms with E-state index in [4.69, 9.17) is 5.84 Å². The first-order valence-electron chi connectivity index (χ1n) is 8.14. The molecule has 21 heavy (non-hydrogen) atoms. The van der Waals surface area contributed by atoms with Crippen molar-refractivity contribution in [2.24, 2.45) is 5.84 Å². The average molecular weight is 288 g/mol. The van der Waals surface area contributed by atoms with Gasteiger partial charge in [-0.15, -0.1) is 0 Å². The smallest absolute Gasteiger partial charge is 0.0627 e. The molecule has 2 fully saturated rings. The summed E-state index contributed by atoms with van der Waals surface area (Å²) < 4.78 is 0. The van der Waals surface area contributed by atoms with E-state index in [9.17, 15) is 0 Å². The van der Waals surface area contributed by atoms with Gasteiger partial charge in [0.15, 0.2) is 0 Å². The van der Waals surface area contributed by atoms with Crippen molar-refractivity contribution in [3.63, 3.8) is 0 Å². The molecule has 0 amide bonds. The highest BCUT2D eigenvalue weighted by atomic mass is 15.3. The van der Waals surface area contributed by atoms with Crippen molar-refractivity contribution in [1.82, 2.24) is 15.2 Å². The predicted octanol–water partition coefficient (Wildman–Crippen LogP) is 1.70.